The van der Waals surface area contributed by atoms with Gasteiger partial charge < -0.3 is 35.4 Å². The summed E-state index contributed by atoms with van der Waals surface area (Å²) in [5, 5.41) is 14.0. The van der Waals surface area contributed by atoms with Crippen molar-refractivity contribution in [1.29, 1.82) is 0 Å². The molecule has 2 amide bonds. The molecule has 1 atom stereocenters. The first kappa shape index (κ1) is 29.6. The summed E-state index contributed by atoms with van der Waals surface area (Å²) in [5.74, 6) is -0.497. The van der Waals surface area contributed by atoms with E-state index in [1.54, 1.807) is 12.1 Å². The average Bonchev–Trinajstić information content (AvgIpc) is 3.65. The molecule has 1 aliphatic heterocycles. The second-order valence-corrected chi connectivity index (χ2v) is 10.2. The summed E-state index contributed by atoms with van der Waals surface area (Å²) in [6, 6.07) is 22.9. The lowest BCUT2D eigenvalue weighted by Crippen LogP contribution is -2.53. The van der Waals surface area contributed by atoms with Crippen LogP contribution in [-0.4, -0.2) is 34.2 Å². The fourth-order valence-corrected chi connectivity index (χ4v) is 4.72. The maximum absolute atomic E-state index is 12.2. The van der Waals surface area contributed by atoms with E-state index in [0.29, 0.717) is 36.2 Å². The number of rotatable bonds is 13. The molecule has 43 heavy (non-hydrogen) atoms. The highest BCUT2D eigenvalue weighted by atomic mass is 35.5. The summed E-state index contributed by atoms with van der Waals surface area (Å²) in [6.07, 6.45) is 1.81. The van der Waals surface area contributed by atoms with Gasteiger partial charge in [-0.25, -0.2) is 0 Å². The Bertz CT molecular complexity index is 1640. The zero-order valence-electron chi connectivity index (χ0n) is 22.9. The number of nitrogens with two attached hydrogens (primary N) is 2. The molecule has 3 aromatic carbocycles. The number of primary amides is 2. The van der Waals surface area contributed by atoms with Crippen molar-refractivity contribution in [3.63, 3.8) is 0 Å². The van der Waals surface area contributed by atoms with Crippen molar-refractivity contribution in [3.8, 4) is 11.5 Å². The van der Waals surface area contributed by atoms with Crippen LogP contribution < -0.4 is 26.4 Å². The number of ether oxygens (including phenoxy) is 2. The zero-order valence-corrected chi connectivity index (χ0v) is 23.7. The fourth-order valence-electron chi connectivity index (χ4n) is 4.48. The molecule has 6 N–H and O–H groups in total. The Morgan fingerprint density at radius 1 is 0.930 bits per heavy atom. The third-order valence-electron chi connectivity index (χ3n) is 6.86. The lowest BCUT2D eigenvalue weighted by Gasteiger charge is -2.18. The molecule has 5 rings (SSSR count). The Balaban J connectivity index is 1.43. The Labute approximate surface area is 251 Å². The number of aryl methyl sites for hydroxylation is 2. The SMILES string of the molecule is NC(=O)c1noc(CCc2cc(Cl)c(OCc3ccccc3)cc2OCc2ccccc2)c1C1=CC(CO)(C(N)=O)NO1. The number of nitrogens with one attached hydrogen (secondary N) is 1. The van der Waals surface area contributed by atoms with Gasteiger partial charge in [0.05, 0.1) is 17.2 Å². The van der Waals surface area contributed by atoms with Crippen LogP contribution in [0, 0.1) is 0 Å². The molecule has 0 bridgehead atoms. The van der Waals surface area contributed by atoms with Gasteiger partial charge in [0, 0.05) is 12.5 Å². The predicted octanol–water partition coefficient (Wildman–Crippen LogP) is 3.46. The van der Waals surface area contributed by atoms with Crippen LogP contribution in [0.4, 0.5) is 0 Å². The second kappa shape index (κ2) is 13.0. The van der Waals surface area contributed by atoms with Crippen LogP contribution >= 0.6 is 11.6 Å². The fraction of sp³-hybridized carbons (Fsp3) is 0.194. The molecule has 1 unspecified atom stereocenters. The van der Waals surface area contributed by atoms with Gasteiger partial charge in [-0.3, -0.25) is 9.59 Å². The number of aliphatic hydroxyl groups is 1. The first-order chi connectivity index (χ1) is 20.8. The highest BCUT2D eigenvalue weighted by Gasteiger charge is 2.42. The summed E-state index contributed by atoms with van der Waals surface area (Å²) in [4.78, 5) is 29.6. The van der Waals surface area contributed by atoms with E-state index < -0.39 is 24.0 Å². The van der Waals surface area contributed by atoms with Gasteiger partial charge in [0.15, 0.2) is 17.0 Å². The highest BCUT2D eigenvalue weighted by molar-refractivity contribution is 6.32. The minimum Gasteiger partial charge on any atom is -0.488 e. The number of carbonyl (C=O) groups is 2. The number of carbonyl (C=O) groups excluding carboxylic acids is 2. The summed E-state index contributed by atoms with van der Waals surface area (Å²) in [6.45, 7) is -0.0630. The summed E-state index contributed by atoms with van der Waals surface area (Å²) >= 11 is 6.64. The number of aromatic nitrogens is 1. The monoisotopic (exact) mass is 604 g/mol. The van der Waals surface area contributed by atoms with Crippen molar-refractivity contribution in [2.24, 2.45) is 11.5 Å². The highest BCUT2D eigenvalue weighted by Crippen LogP contribution is 2.36. The number of halogens is 1. The number of hydrogen-bond acceptors (Lipinski definition) is 9. The Kier molecular flexibility index (Phi) is 8.96. The average molecular weight is 605 g/mol. The molecule has 222 valence electrons. The molecular weight excluding hydrogens is 576 g/mol. The van der Waals surface area contributed by atoms with Gasteiger partial charge in [0.25, 0.3) is 5.91 Å². The number of nitrogens with zero attached hydrogens (tertiary/aromatic N) is 1. The topological polar surface area (TPSA) is 172 Å². The van der Waals surface area contributed by atoms with Crippen LogP contribution in [0.15, 0.2) is 83.4 Å². The van der Waals surface area contributed by atoms with E-state index in [9.17, 15) is 14.7 Å². The molecule has 0 spiro atoms. The molecule has 1 aliphatic rings. The first-order valence-electron chi connectivity index (χ1n) is 13.3. The normalized spacial score (nSPS) is 15.9. The standard InChI is InChI=1S/C31H29ClN4O7/c32-22-13-21(11-12-23-27(28(29(33)38)35-42-23)26-15-31(18-37,30(34)39)36-43-26)24(40-16-19-7-3-1-4-8-19)14-25(22)41-17-20-9-5-2-6-10-20/h1-10,13-15,36-37H,11-12,16-18H2,(H2,33,38)(H2,34,39). The first-order valence-corrected chi connectivity index (χ1v) is 13.7. The maximum atomic E-state index is 12.2. The van der Waals surface area contributed by atoms with Gasteiger partial charge in [0.1, 0.15) is 30.5 Å². The molecule has 0 fully saturated rings. The van der Waals surface area contributed by atoms with Crippen molar-refractivity contribution in [3.05, 3.63) is 118 Å². The minimum atomic E-state index is -1.69. The van der Waals surface area contributed by atoms with E-state index >= 15 is 0 Å². The minimum absolute atomic E-state index is 0.0149. The number of hydroxylamine groups is 1. The third kappa shape index (κ3) is 6.64. The van der Waals surface area contributed by atoms with Crippen LogP contribution in [0.25, 0.3) is 5.76 Å². The zero-order chi connectivity index (χ0) is 30.4. The predicted molar refractivity (Wildman–Crippen MR) is 157 cm³/mol. The Hall–Kier alpha value is -4.84. The van der Waals surface area contributed by atoms with E-state index in [1.165, 1.54) is 6.08 Å². The van der Waals surface area contributed by atoms with Gasteiger partial charge in [-0.1, -0.05) is 77.4 Å². The van der Waals surface area contributed by atoms with Gasteiger partial charge in [-0.05, 0) is 35.3 Å². The van der Waals surface area contributed by atoms with Gasteiger partial charge in [-0.2, -0.15) is 0 Å². The van der Waals surface area contributed by atoms with Crippen molar-refractivity contribution < 1.29 is 33.5 Å². The van der Waals surface area contributed by atoms with Gasteiger partial charge in [0.2, 0.25) is 5.91 Å². The summed E-state index contributed by atoms with van der Waals surface area (Å²) in [7, 11) is 0. The van der Waals surface area contributed by atoms with E-state index in [-0.39, 0.29) is 29.2 Å². The van der Waals surface area contributed by atoms with Gasteiger partial charge >= 0.3 is 0 Å². The second-order valence-electron chi connectivity index (χ2n) is 9.84. The lowest BCUT2D eigenvalue weighted by atomic mass is 9.97. The molecule has 0 radical (unpaired) electrons. The van der Waals surface area contributed by atoms with E-state index in [1.807, 2.05) is 60.7 Å². The number of hydrogen-bond donors (Lipinski definition) is 4. The van der Waals surface area contributed by atoms with Crippen LogP contribution in [0.1, 0.15) is 38.5 Å². The van der Waals surface area contributed by atoms with E-state index in [0.717, 1.165) is 16.7 Å². The molecule has 1 aromatic heterocycles. The number of amides is 2. The largest absolute Gasteiger partial charge is 0.488 e. The van der Waals surface area contributed by atoms with Crippen molar-refractivity contribution in [2.45, 2.75) is 31.6 Å². The maximum Gasteiger partial charge on any atom is 0.271 e. The Morgan fingerprint density at radius 2 is 1.56 bits per heavy atom. The van der Waals surface area contributed by atoms with Crippen molar-refractivity contribution in [1.82, 2.24) is 10.6 Å². The molecule has 12 heteroatoms. The quantitative estimate of drug-likeness (QED) is 0.178. The smallest absolute Gasteiger partial charge is 0.271 e. The summed E-state index contributed by atoms with van der Waals surface area (Å²) in [5.41, 5.74) is 14.3. The molecule has 0 aliphatic carbocycles. The van der Waals surface area contributed by atoms with Crippen LogP contribution in [0.2, 0.25) is 5.02 Å². The third-order valence-corrected chi connectivity index (χ3v) is 7.16. The van der Waals surface area contributed by atoms with E-state index in [4.69, 9.17) is 41.9 Å². The molecular formula is C31H29ClN4O7. The summed E-state index contributed by atoms with van der Waals surface area (Å²) < 4.78 is 17.7. The van der Waals surface area contributed by atoms with Crippen LogP contribution in [-0.2, 0) is 35.7 Å². The molecule has 0 saturated heterocycles. The molecule has 11 nitrogen and oxygen atoms in total. The van der Waals surface area contributed by atoms with Crippen molar-refractivity contribution in [2.75, 3.05) is 6.61 Å². The lowest BCUT2D eigenvalue weighted by molar-refractivity contribution is -0.126. The van der Waals surface area contributed by atoms with Gasteiger partial charge in [-0.15, -0.1) is 5.48 Å². The van der Waals surface area contributed by atoms with E-state index in [2.05, 4.69) is 10.6 Å². The molecule has 4 aromatic rings. The number of aliphatic hydroxyl groups excluding tert-OH is 1. The molecule has 2 heterocycles. The van der Waals surface area contributed by atoms with Crippen molar-refractivity contribution >= 4 is 29.2 Å². The Morgan fingerprint density at radius 3 is 2.12 bits per heavy atom. The number of benzene rings is 3. The van der Waals surface area contributed by atoms with Crippen LogP contribution in [0.5, 0.6) is 11.5 Å². The molecule has 0 saturated carbocycles. The van der Waals surface area contributed by atoms with Crippen LogP contribution in [0.3, 0.4) is 0 Å².